The fourth-order valence-corrected chi connectivity index (χ4v) is 3.87. The number of carbonyl (C=O) groups is 2. The molecule has 0 unspecified atom stereocenters. The van der Waals surface area contributed by atoms with Crippen LogP contribution in [0.1, 0.15) is 24.3 Å². The summed E-state index contributed by atoms with van der Waals surface area (Å²) >= 11 is 5.78. The van der Waals surface area contributed by atoms with Gasteiger partial charge in [-0.25, -0.2) is 4.98 Å². The summed E-state index contributed by atoms with van der Waals surface area (Å²) in [5, 5.41) is 5.50. The van der Waals surface area contributed by atoms with E-state index in [0.717, 1.165) is 12.8 Å². The zero-order valence-electron chi connectivity index (χ0n) is 15.3. The summed E-state index contributed by atoms with van der Waals surface area (Å²) in [6, 6.07) is 17.9. The van der Waals surface area contributed by atoms with Gasteiger partial charge in [0.2, 0.25) is 0 Å². The molecule has 0 bridgehead atoms. The van der Waals surface area contributed by atoms with Crippen LogP contribution in [0.4, 0.5) is 5.82 Å². The van der Waals surface area contributed by atoms with E-state index in [1.165, 1.54) is 22.5 Å². The lowest BCUT2D eigenvalue weighted by atomic mass is 9.86. The predicted octanol–water partition coefficient (Wildman–Crippen LogP) is 4.23. The molecule has 1 aromatic heterocycles. The van der Waals surface area contributed by atoms with Crippen molar-refractivity contribution in [2.75, 3.05) is 18.4 Å². The number of benzene rings is 2. The van der Waals surface area contributed by atoms with Crippen molar-refractivity contribution in [2.45, 2.75) is 18.8 Å². The van der Waals surface area contributed by atoms with Crippen LogP contribution in [0.5, 0.6) is 0 Å². The lowest BCUT2D eigenvalue weighted by Crippen LogP contribution is -2.43. The number of aromatic nitrogens is 1. The molecule has 0 spiro atoms. The minimum absolute atomic E-state index is 0.313. The van der Waals surface area contributed by atoms with Crippen molar-refractivity contribution in [3.63, 3.8) is 0 Å². The van der Waals surface area contributed by atoms with Gasteiger partial charge < -0.3 is 10.2 Å². The van der Waals surface area contributed by atoms with Crippen LogP contribution >= 0.6 is 11.6 Å². The summed E-state index contributed by atoms with van der Waals surface area (Å²) in [4.78, 5) is 30.3. The summed E-state index contributed by atoms with van der Waals surface area (Å²) in [5.41, 5.74) is 1.32. The Morgan fingerprint density at radius 1 is 1.00 bits per heavy atom. The molecule has 28 heavy (non-hydrogen) atoms. The molecule has 1 aliphatic rings. The molecule has 6 heteroatoms. The van der Waals surface area contributed by atoms with Gasteiger partial charge in [0.05, 0.1) is 5.02 Å². The first-order valence-corrected chi connectivity index (χ1v) is 9.69. The van der Waals surface area contributed by atoms with Gasteiger partial charge in [0.25, 0.3) is 0 Å². The van der Waals surface area contributed by atoms with E-state index >= 15 is 0 Å². The molecule has 2 aromatic carbocycles. The summed E-state index contributed by atoms with van der Waals surface area (Å²) < 4.78 is 0. The Bertz CT molecular complexity index is 1010. The summed E-state index contributed by atoms with van der Waals surface area (Å²) in [5.74, 6) is -0.490. The largest absolute Gasteiger partial charge is 0.334 e. The van der Waals surface area contributed by atoms with E-state index in [0.29, 0.717) is 29.8 Å². The number of nitrogens with one attached hydrogen (secondary N) is 1. The second-order valence-electron chi connectivity index (χ2n) is 6.95. The molecule has 1 aliphatic heterocycles. The first-order chi connectivity index (χ1) is 13.6. The molecule has 4 rings (SSSR count). The molecule has 142 valence electrons. The number of likely N-dealkylation sites (tertiary alicyclic amines) is 1. The number of anilines is 1. The van der Waals surface area contributed by atoms with Crippen molar-refractivity contribution in [3.8, 4) is 0 Å². The highest BCUT2D eigenvalue weighted by molar-refractivity contribution is 6.39. The van der Waals surface area contributed by atoms with Gasteiger partial charge in [0.1, 0.15) is 5.82 Å². The lowest BCUT2D eigenvalue weighted by Gasteiger charge is -2.32. The van der Waals surface area contributed by atoms with Gasteiger partial charge in [-0.15, -0.1) is 0 Å². The highest BCUT2D eigenvalue weighted by Crippen LogP contribution is 2.33. The van der Waals surface area contributed by atoms with Gasteiger partial charge in [-0.1, -0.05) is 54.1 Å². The molecule has 1 saturated heterocycles. The minimum Gasteiger partial charge on any atom is -0.334 e. The lowest BCUT2D eigenvalue weighted by molar-refractivity contribution is -0.143. The van der Waals surface area contributed by atoms with E-state index in [1.807, 2.05) is 6.07 Å². The Labute approximate surface area is 168 Å². The minimum atomic E-state index is -0.668. The van der Waals surface area contributed by atoms with Gasteiger partial charge in [0.15, 0.2) is 0 Å². The molecule has 5 nitrogen and oxygen atoms in total. The van der Waals surface area contributed by atoms with E-state index in [4.69, 9.17) is 11.6 Å². The van der Waals surface area contributed by atoms with Gasteiger partial charge in [-0.05, 0) is 47.2 Å². The molecule has 3 aromatic rings. The van der Waals surface area contributed by atoms with E-state index in [-0.39, 0.29) is 0 Å². The number of halogens is 1. The van der Waals surface area contributed by atoms with Crippen LogP contribution in [0.3, 0.4) is 0 Å². The number of fused-ring (bicyclic) bond motifs is 1. The maximum Gasteiger partial charge on any atom is 0.315 e. The van der Waals surface area contributed by atoms with Crippen molar-refractivity contribution in [1.29, 1.82) is 0 Å². The van der Waals surface area contributed by atoms with Crippen LogP contribution < -0.4 is 5.32 Å². The van der Waals surface area contributed by atoms with Crippen molar-refractivity contribution < 1.29 is 9.59 Å². The second-order valence-corrected chi connectivity index (χ2v) is 7.39. The fraction of sp³-hybridized carbons (Fsp3) is 0.227. The van der Waals surface area contributed by atoms with Crippen LogP contribution in [0, 0.1) is 0 Å². The zero-order chi connectivity index (χ0) is 19.5. The molecular weight excluding hydrogens is 374 g/mol. The van der Waals surface area contributed by atoms with Crippen LogP contribution in [0.25, 0.3) is 10.8 Å². The number of pyridine rings is 1. The van der Waals surface area contributed by atoms with Gasteiger partial charge in [0, 0.05) is 19.3 Å². The normalized spacial score (nSPS) is 14.8. The third kappa shape index (κ3) is 3.85. The zero-order valence-corrected chi connectivity index (χ0v) is 16.0. The highest BCUT2D eigenvalue weighted by atomic mass is 35.5. The number of amides is 2. The third-order valence-electron chi connectivity index (χ3n) is 5.21. The van der Waals surface area contributed by atoms with E-state index in [1.54, 1.807) is 17.0 Å². The Morgan fingerprint density at radius 3 is 2.50 bits per heavy atom. The van der Waals surface area contributed by atoms with E-state index in [2.05, 4.69) is 46.7 Å². The van der Waals surface area contributed by atoms with Crippen molar-refractivity contribution >= 4 is 40.0 Å². The van der Waals surface area contributed by atoms with Gasteiger partial charge in [-0.3, -0.25) is 9.59 Å². The van der Waals surface area contributed by atoms with Gasteiger partial charge in [-0.2, -0.15) is 0 Å². The number of nitrogens with zero attached hydrogens (tertiary/aromatic N) is 2. The Morgan fingerprint density at radius 2 is 1.75 bits per heavy atom. The maximum atomic E-state index is 12.5. The average Bonchev–Trinajstić information content (AvgIpc) is 2.74. The molecular formula is C22H20ClN3O2. The van der Waals surface area contributed by atoms with Gasteiger partial charge >= 0.3 is 11.8 Å². The molecule has 0 aliphatic carbocycles. The molecule has 0 radical (unpaired) electrons. The quantitative estimate of drug-likeness (QED) is 0.662. The SMILES string of the molecule is O=C(Nc1ccc(Cl)cn1)C(=O)N1CCC(c2cccc3ccccc23)CC1. The first-order valence-electron chi connectivity index (χ1n) is 9.31. The molecule has 2 amide bonds. The number of hydrogen-bond acceptors (Lipinski definition) is 3. The van der Waals surface area contributed by atoms with Crippen LogP contribution in [0.15, 0.2) is 60.8 Å². The first kappa shape index (κ1) is 18.4. The number of rotatable bonds is 2. The van der Waals surface area contributed by atoms with Crippen molar-refractivity contribution in [3.05, 3.63) is 71.4 Å². The fourth-order valence-electron chi connectivity index (χ4n) is 3.76. The van der Waals surface area contributed by atoms with Crippen LogP contribution in [-0.4, -0.2) is 34.8 Å². The standard InChI is InChI=1S/C22H20ClN3O2/c23-17-8-9-20(24-14-17)25-21(27)22(28)26-12-10-16(11-13-26)19-7-3-5-15-4-1-2-6-18(15)19/h1-9,14,16H,10-13H2,(H,24,25,27). The number of hydrogen-bond donors (Lipinski definition) is 1. The highest BCUT2D eigenvalue weighted by Gasteiger charge is 2.28. The third-order valence-corrected chi connectivity index (χ3v) is 5.43. The van der Waals surface area contributed by atoms with Crippen LogP contribution in [-0.2, 0) is 9.59 Å². The number of piperidine rings is 1. The van der Waals surface area contributed by atoms with Crippen molar-refractivity contribution in [2.24, 2.45) is 0 Å². The molecule has 2 heterocycles. The average molecular weight is 394 g/mol. The monoisotopic (exact) mass is 393 g/mol. The summed E-state index contributed by atoms with van der Waals surface area (Å²) in [7, 11) is 0. The molecule has 1 fully saturated rings. The van der Waals surface area contributed by atoms with Crippen LogP contribution in [0.2, 0.25) is 5.02 Å². The van der Waals surface area contributed by atoms with Crippen molar-refractivity contribution in [1.82, 2.24) is 9.88 Å². The smallest absolute Gasteiger partial charge is 0.315 e. The summed E-state index contributed by atoms with van der Waals surface area (Å²) in [6.07, 6.45) is 3.11. The summed E-state index contributed by atoms with van der Waals surface area (Å²) in [6.45, 7) is 1.13. The Balaban J connectivity index is 1.40. The molecule has 0 saturated carbocycles. The Kier molecular flexibility index (Phi) is 5.26. The molecule has 0 atom stereocenters. The predicted molar refractivity (Wildman–Crippen MR) is 110 cm³/mol. The number of carbonyl (C=O) groups excluding carboxylic acids is 2. The maximum absolute atomic E-state index is 12.5. The molecule has 1 N–H and O–H groups in total. The van der Waals surface area contributed by atoms with E-state index < -0.39 is 11.8 Å². The van der Waals surface area contributed by atoms with E-state index in [9.17, 15) is 9.59 Å². The second kappa shape index (κ2) is 7.98. The topological polar surface area (TPSA) is 62.3 Å². The Hall–Kier alpha value is -2.92.